The van der Waals surface area contributed by atoms with E-state index >= 15 is 0 Å². The van der Waals surface area contributed by atoms with Crippen molar-refractivity contribution in [1.82, 2.24) is 9.97 Å². The van der Waals surface area contributed by atoms with Crippen molar-refractivity contribution in [2.75, 3.05) is 11.9 Å². The first-order valence-corrected chi connectivity index (χ1v) is 7.82. The summed E-state index contributed by atoms with van der Waals surface area (Å²) in [5.41, 5.74) is 1.70. The van der Waals surface area contributed by atoms with Gasteiger partial charge in [-0.05, 0) is 25.5 Å². The molecule has 7 nitrogen and oxygen atoms in total. The highest BCUT2D eigenvalue weighted by molar-refractivity contribution is 5.93. The highest BCUT2D eigenvalue weighted by atomic mass is 16.5. The Hall–Kier alpha value is -3.40. The van der Waals surface area contributed by atoms with Gasteiger partial charge in [0.05, 0.1) is 6.61 Å². The molecule has 128 valence electrons. The molecule has 0 aliphatic rings. The molecule has 0 spiro atoms. The fourth-order valence-corrected chi connectivity index (χ4v) is 2.08. The number of carbonyl (C=O) groups excluding carboxylic acids is 1. The van der Waals surface area contributed by atoms with Gasteiger partial charge in [0.1, 0.15) is 11.9 Å². The van der Waals surface area contributed by atoms with Gasteiger partial charge in [0.2, 0.25) is 0 Å². The van der Waals surface area contributed by atoms with Crippen molar-refractivity contribution in [1.29, 1.82) is 5.26 Å². The van der Waals surface area contributed by atoms with E-state index in [0.717, 1.165) is 0 Å². The molecule has 2 aromatic rings. The molecule has 25 heavy (non-hydrogen) atoms. The first-order valence-electron chi connectivity index (χ1n) is 7.82. The van der Waals surface area contributed by atoms with Gasteiger partial charge in [-0.1, -0.05) is 19.1 Å². The van der Waals surface area contributed by atoms with Gasteiger partial charge in [0, 0.05) is 29.2 Å². The lowest BCUT2D eigenvalue weighted by molar-refractivity contribution is -0.138. The van der Waals surface area contributed by atoms with E-state index in [2.05, 4.69) is 15.3 Å². The minimum atomic E-state index is -0.685. The number of aryl methyl sites for hydroxylation is 1. The van der Waals surface area contributed by atoms with Crippen LogP contribution >= 0.6 is 0 Å². The van der Waals surface area contributed by atoms with Crippen LogP contribution in [0.25, 0.3) is 11.4 Å². The van der Waals surface area contributed by atoms with E-state index in [1.165, 1.54) is 12.3 Å². The lowest BCUT2D eigenvalue weighted by atomic mass is 10.1. The van der Waals surface area contributed by atoms with Gasteiger partial charge in [-0.3, -0.25) is 4.79 Å². The molecular formula is C18H18N4O3. The molecule has 0 aliphatic heterocycles. The zero-order valence-electron chi connectivity index (χ0n) is 14.0. The molecule has 0 aliphatic carbocycles. The van der Waals surface area contributed by atoms with Crippen LogP contribution in [-0.4, -0.2) is 22.5 Å². The number of aromatic nitrogens is 2. The van der Waals surface area contributed by atoms with Gasteiger partial charge < -0.3 is 15.0 Å². The number of carbonyl (C=O) groups is 1. The monoisotopic (exact) mass is 338 g/mol. The zero-order chi connectivity index (χ0) is 18.2. The van der Waals surface area contributed by atoms with Crippen LogP contribution in [0.2, 0.25) is 0 Å². The summed E-state index contributed by atoms with van der Waals surface area (Å²) in [6.45, 7) is 3.79. The Balaban J connectivity index is 2.28. The number of benzene rings is 1. The van der Waals surface area contributed by atoms with Crippen molar-refractivity contribution in [3.63, 3.8) is 0 Å². The molecule has 0 radical (unpaired) electrons. The quantitative estimate of drug-likeness (QED) is 0.476. The third-order valence-electron chi connectivity index (χ3n) is 3.29. The van der Waals surface area contributed by atoms with Crippen LogP contribution in [0.5, 0.6) is 0 Å². The fraction of sp³-hybridized carbons (Fsp3) is 0.222. The van der Waals surface area contributed by atoms with E-state index in [4.69, 9.17) is 10.00 Å². The smallest absolute Gasteiger partial charge is 0.350 e. The Labute approximate surface area is 145 Å². The molecule has 0 saturated heterocycles. The normalized spacial score (nSPS) is 10.8. The second kappa shape index (κ2) is 8.45. The van der Waals surface area contributed by atoms with Crippen LogP contribution in [0, 0.1) is 11.3 Å². The number of nitriles is 1. The van der Waals surface area contributed by atoms with E-state index in [0.29, 0.717) is 29.2 Å². The predicted octanol–water partition coefficient (Wildman–Crippen LogP) is 2.38. The maximum Gasteiger partial charge on any atom is 0.350 e. The van der Waals surface area contributed by atoms with Gasteiger partial charge in [-0.15, -0.1) is 0 Å². The number of hydrogen-bond acceptors (Lipinski definition) is 6. The van der Waals surface area contributed by atoms with Crippen molar-refractivity contribution in [3.05, 3.63) is 58.2 Å². The minimum Gasteiger partial charge on any atom is -0.462 e. The second-order valence-electron chi connectivity index (χ2n) is 5.05. The highest BCUT2D eigenvalue weighted by Gasteiger charge is 2.09. The number of aromatic amines is 1. The molecule has 1 heterocycles. The minimum absolute atomic E-state index is 0.133. The molecule has 1 aromatic heterocycles. The number of nitrogens with zero attached hydrogens (tertiary/aromatic N) is 2. The highest BCUT2D eigenvalue weighted by Crippen LogP contribution is 2.19. The van der Waals surface area contributed by atoms with Gasteiger partial charge in [0.25, 0.3) is 5.56 Å². The number of anilines is 1. The molecule has 0 saturated carbocycles. The molecule has 0 fully saturated rings. The molecular weight excluding hydrogens is 320 g/mol. The summed E-state index contributed by atoms with van der Waals surface area (Å²) in [7, 11) is 0. The van der Waals surface area contributed by atoms with Gasteiger partial charge in [0.15, 0.2) is 5.57 Å². The van der Waals surface area contributed by atoms with Crippen LogP contribution in [-0.2, 0) is 16.0 Å². The van der Waals surface area contributed by atoms with Gasteiger partial charge >= 0.3 is 5.97 Å². The molecule has 0 atom stereocenters. The Morgan fingerprint density at radius 1 is 1.40 bits per heavy atom. The van der Waals surface area contributed by atoms with Crippen molar-refractivity contribution in [2.45, 2.75) is 20.3 Å². The maximum absolute atomic E-state index is 11.7. The lowest BCUT2D eigenvalue weighted by Gasteiger charge is -2.06. The van der Waals surface area contributed by atoms with Crippen molar-refractivity contribution in [3.8, 4) is 17.5 Å². The molecule has 2 N–H and O–H groups in total. The van der Waals surface area contributed by atoms with Crippen molar-refractivity contribution < 1.29 is 9.53 Å². The number of rotatable bonds is 6. The summed E-state index contributed by atoms with van der Waals surface area (Å²) >= 11 is 0. The van der Waals surface area contributed by atoms with E-state index < -0.39 is 5.97 Å². The third-order valence-corrected chi connectivity index (χ3v) is 3.29. The average molecular weight is 338 g/mol. The lowest BCUT2D eigenvalue weighted by Crippen LogP contribution is -2.10. The molecule has 1 aromatic carbocycles. The first kappa shape index (κ1) is 17.9. The summed E-state index contributed by atoms with van der Waals surface area (Å²) < 4.78 is 4.80. The standard InChI is InChI=1S/C18H18N4O3/c1-3-14-9-16(23)22-17(21-14)12-6-5-7-15(8-12)20-11-13(10-19)18(24)25-4-2/h5-9,11,20H,3-4H2,1-2H3,(H,21,22,23). The first-order chi connectivity index (χ1) is 12.1. The predicted molar refractivity (Wildman–Crippen MR) is 93.6 cm³/mol. The summed E-state index contributed by atoms with van der Waals surface area (Å²) in [5.74, 6) is -0.224. The second-order valence-corrected chi connectivity index (χ2v) is 5.05. The number of ether oxygens (including phenoxy) is 1. The molecule has 0 unspecified atom stereocenters. The Bertz CT molecular complexity index is 894. The molecule has 2 rings (SSSR count). The van der Waals surface area contributed by atoms with Crippen LogP contribution in [0.15, 0.2) is 46.9 Å². The SMILES string of the molecule is CCOC(=O)C(C#N)=CNc1cccc(-c2nc(CC)cc(=O)[nH]2)c1. The summed E-state index contributed by atoms with van der Waals surface area (Å²) in [5, 5.41) is 11.9. The number of nitrogens with one attached hydrogen (secondary N) is 2. The van der Waals surface area contributed by atoms with Crippen LogP contribution < -0.4 is 10.9 Å². The van der Waals surface area contributed by atoms with E-state index in [1.54, 1.807) is 31.2 Å². The van der Waals surface area contributed by atoms with Crippen LogP contribution in [0.1, 0.15) is 19.5 Å². The van der Waals surface area contributed by atoms with Crippen LogP contribution in [0.3, 0.4) is 0 Å². The van der Waals surface area contributed by atoms with Crippen molar-refractivity contribution >= 4 is 11.7 Å². The number of esters is 1. The summed E-state index contributed by atoms with van der Waals surface area (Å²) in [6, 6.07) is 10.4. The topological polar surface area (TPSA) is 108 Å². The average Bonchev–Trinajstić information content (AvgIpc) is 2.62. The maximum atomic E-state index is 11.7. The fourth-order valence-electron chi connectivity index (χ4n) is 2.08. The summed E-state index contributed by atoms with van der Waals surface area (Å²) in [6.07, 6.45) is 1.94. The number of H-pyrrole nitrogens is 1. The largest absolute Gasteiger partial charge is 0.462 e. The van der Waals surface area contributed by atoms with Crippen molar-refractivity contribution in [2.24, 2.45) is 0 Å². The molecule has 0 bridgehead atoms. The van der Waals surface area contributed by atoms with Crippen LogP contribution in [0.4, 0.5) is 5.69 Å². The number of hydrogen-bond donors (Lipinski definition) is 2. The zero-order valence-corrected chi connectivity index (χ0v) is 14.0. The van der Waals surface area contributed by atoms with E-state index in [1.807, 2.05) is 13.0 Å². The van der Waals surface area contributed by atoms with Gasteiger partial charge in [-0.2, -0.15) is 5.26 Å². The van der Waals surface area contributed by atoms with Gasteiger partial charge in [-0.25, -0.2) is 9.78 Å². The summed E-state index contributed by atoms with van der Waals surface area (Å²) in [4.78, 5) is 30.4. The molecule has 7 heteroatoms. The Morgan fingerprint density at radius 3 is 2.88 bits per heavy atom. The third kappa shape index (κ3) is 4.78. The van der Waals surface area contributed by atoms with E-state index in [-0.39, 0.29) is 17.7 Å². The Kier molecular flexibility index (Phi) is 6.07. The Morgan fingerprint density at radius 2 is 2.20 bits per heavy atom. The van der Waals surface area contributed by atoms with E-state index in [9.17, 15) is 9.59 Å². The molecule has 0 amide bonds.